The minimum Gasteiger partial charge on any atom is -0.377 e. The predicted molar refractivity (Wildman–Crippen MR) is 86.9 cm³/mol. The summed E-state index contributed by atoms with van der Waals surface area (Å²) in [6, 6.07) is 9.18. The molecule has 2 rings (SSSR count). The van der Waals surface area contributed by atoms with Crippen LogP contribution in [0.15, 0.2) is 40.9 Å². The van der Waals surface area contributed by atoms with Crippen LogP contribution in [0.4, 0.5) is 20.2 Å². The van der Waals surface area contributed by atoms with Crippen LogP contribution in [0.1, 0.15) is 18.5 Å². The summed E-state index contributed by atoms with van der Waals surface area (Å²) in [7, 11) is 3.84. The second-order valence-electron chi connectivity index (χ2n) is 5.06. The van der Waals surface area contributed by atoms with Gasteiger partial charge in [0, 0.05) is 24.1 Å². The number of nitrogens with one attached hydrogen (secondary N) is 1. The highest BCUT2D eigenvalue weighted by Crippen LogP contribution is 2.32. The molecule has 1 N–H and O–H groups in total. The number of halogens is 3. The molecule has 2 nitrogen and oxygen atoms in total. The Labute approximate surface area is 131 Å². The summed E-state index contributed by atoms with van der Waals surface area (Å²) in [4.78, 5) is 1.94. The zero-order valence-electron chi connectivity index (χ0n) is 12.1. The van der Waals surface area contributed by atoms with Crippen molar-refractivity contribution in [2.24, 2.45) is 0 Å². The minimum atomic E-state index is -0.545. The van der Waals surface area contributed by atoms with Gasteiger partial charge in [0.25, 0.3) is 0 Å². The first-order chi connectivity index (χ1) is 9.90. The molecule has 1 atom stereocenters. The van der Waals surface area contributed by atoms with Crippen molar-refractivity contribution in [1.29, 1.82) is 0 Å². The summed E-state index contributed by atoms with van der Waals surface area (Å²) in [5.41, 5.74) is 1.80. The predicted octanol–water partition coefficient (Wildman–Crippen LogP) is 4.97. The quantitative estimate of drug-likeness (QED) is 0.833. The van der Waals surface area contributed by atoms with Crippen molar-refractivity contribution in [2.75, 3.05) is 24.3 Å². The highest BCUT2D eigenvalue weighted by molar-refractivity contribution is 9.10. The van der Waals surface area contributed by atoms with Gasteiger partial charge in [-0.3, -0.25) is 0 Å². The fourth-order valence-electron chi connectivity index (χ4n) is 2.24. The second kappa shape index (κ2) is 6.43. The van der Waals surface area contributed by atoms with Crippen molar-refractivity contribution in [1.82, 2.24) is 0 Å². The van der Waals surface area contributed by atoms with Gasteiger partial charge in [-0.05, 0) is 37.3 Å². The smallest absolute Gasteiger partial charge is 0.131 e. The monoisotopic (exact) mass is 354 g/mol. The second-order valence-corrected chi connectivity index (χ2v) is 5.97. The molecule has 0 radical (unpaired) electrons. The van der Waals surface area contributed by atoms with E-state index in [1.807, 2.05) is 37.2 Å². The van der Waals surface area contributed by atoms with Crippen LogP contribution in [-0.4, -0.2) is 14.1 Å². The van der Waals surface area contributed by atoms with E-state index in [0.29, 0.717) is 0 Å². The van der Waals surface area contributed by atoms with Crippen LogP contribution in [0.5, 0.6) is 0 Å². The molecule has 0 fully saturated rings. The molecule has 112 valence electrons. The Kier molecular flexibility index (Phi) is 4.83. The third-order valence-corrected chi connectivity index (χ3v) is 3.74. The van der Waals surface area contributed by atoms with E-state index in [0.717, 1.165) is 15.8 Å². The Morgan fingerprint density at radius 1 is 1.10 bits per heavy atom. The Hall–Kier alpha value is -1.62. The van der Waals surface area contributed by atoms with Crippen molar-refractivity contribution >= 4 is 27.3 Å². The van der Waals surface area contributed by atoms with Crippen LogP contribution in [-0.2, 0) is 0 Å². The first-order valence-electron chi connectivity index (χ1n) is 6.57. The maximum Gasteiger partial charge on any atom is 0.131 e. The number of anilines is 2. The van der Waals surface area contributed by atoms with Gasteiger partial charge in [-0.2, -0.15) is 0 Å². The molecule has 2 aromatic carbocycles. The normalized spacial score (nSPS) is 12.1. The molecule has 0 heterocycles. The van der Waals surface area contributed by atoms with Gasteiger partial charge >= 0.3 is 0 Å². The van der Waals surface area contributed by atoms with Gasteiger partial charge in [0.15, 0.2) is 0 Å². The molecule has 0 aliphatic heterocycles. The van der Waals surface area contributed by atoms with Crippen LogP contribution in [0.25, 0.3) is 0 Å². The van der Waals surface area contributed by atoms with Gasteiger partial charge in [-0.1, -0.05) is 22.0 Å². The molecular formula is C16H17BrF2N2. The zero-order chi connectivity index (χ0) is 15.6. The van der Waals surface area contributed by atoms with Crippen molar-refractivity contribution < 1.29 is 8.78 Å². The molecule has 0 bridgehead atoms. The lowest BCUT2D eigenvalue weighted by Gasteiger charge is -2.23. The molecule has 0 saturated carbocycles. The summed E-state index contributed by atoms with van der Waals surface area (Å²) in [5, 5.41) is 3.18. The van der Waals surface area contributed by atoms with Gasteiger partial charge in [0.1, 0.15) is 11.6 Å². The number of nitrogens with zero attached hydrogens (tertiary/aromatic N) is 1. The van der Waals surface area contributed by atoms with Crippen LogP contribution >= 0.6 is 15.9 Å². The lowest BCUT2D eigenvalue weighted by Crippen LogP contribution is -2.15. The van der Waals surface area contributed by atoms with Crippen LogP contribution in [0.3, 0.4) is 0 Å². The van der Waals surface area contributed by atoms with Gasteiger partial charge in [0.05, 0.1) is 17.4 Å². The topological polar surface area (TPSA) is 15.3 Å². The molecule has 5 heteroatoms. The molecular weight excluding hydrogens is 338 g/mol. The molecule has 0 aromatic heterocycles. The van der Waals surface area contributed by atoms with E-state index >= 15 is 0 Å². The van der Waals surface area contributed by atoms with Crippen molar-refractivity contribution in [3.05, 3.63) is 58.1 Å². The highest BCUT2D eigenvalue weighted by Gasteiger charge is 2.17. The Bertz CT molecular complexity index is 624. The van der Waals surface area contributed by atoms with Crippen LogP contribution in [0.2, 0.25) is 0 Å². The van der Waals surface area contributed by atoms with Gasteiger partial charge in [0.2, 0.25) is 0 Å². The van der Waals surface area contributed by atoms with Crippen LogP contribution < -0.4 is 10.2 Å². The Morgan fingerprint density at radius 2 is 1.71 bits per heavy atom. The molecule has 1 unspecified atom stereocenters. The summed E-state index contributed by atoms with van der Waals surface area (Å²) in [6.07, 6.45) is 0. The molecule has 0 aliphatic carbocycles. The minimum absolute atomic E-state index is 0.0437. The number of hydrogen-bond donors (Lipinski definition) is 1. The summed E-state index contributed by atoms with van der Waals surface area (Å²) in [6.45, 7) is 1.74. The average Bonchev–Trinajstić information content (AvgIpc) is 2.38. The molecule has 0 saturated heterocycles. The van der Waals surface area contributed by atoms with E-state index in [9.17, 15) is 8.78 Å². The first-order valence-corrected chi connectivity index (χ1v) is 7.36. The third kappa shape index (κ3) is 3.53. The standard InChI is InChI=1S/C16H17BrF2N2/c1-10(16-12(18)5-4-6-13(16)19)20-14-9-11(17)7-8-15(14)21(2)3/h4-10,20H,1-3H3. The van der Waals surface area contributed by atoms with Gasteiger partial charge in [-0.25, -0.2) is 8.78 Å². The maximum absolute atomic E-state index is 13.8. The Morgan fingerprint density at radius 3 is 2.29 bits per heavy atom. The highest BCUT2D eigenvalue weighted by atomic mass is 79.9. The molecule has 0 spiro atoms. The lowest BCUT2D eigenvalue weighted by atomic mass is 10.1. The number of benzene rings is 2. The molecule has 21 heavy (non-hydrogen) atoms. The Balaban J connectivity index is 2.36. The summed E-state index contributed by atoms with van der Waals surface area (Å²) >= 11 is 3.41. The van der Waals surface area contributed by atoms with E-state index in [-0.39, 0.29) is 5.56 Å². The molecule has 0 amide bonds. The largest absolute Gasteiger partial charge is 0.377 e. The van der Waals surface area contributed by atoms with E-state index in [2.05, 4.69) is 21.2 Å². The van der Waals surface area contributed by atoms with Gasteiger partial charge < -0.3 is 10.2 Å². The number of rotatable bonds is 4. The zero-order valence-corrected chi connectivity index (χ0v) is 13.7. The van der Waals surface area contributed by atoms with Crippen molar-refractivity contribution in [2.45, 2.75) is 13.0 Å². The first kappa shape index (κ1) is 15.8. The van der Waals surface area contributed by atoms with E-state index < -0.39 is 17.7 Å². The summed E-state index contributed by atoms with van der Waals surface area (Å²) < 4.78 is 28.6. The lowest BCUT2D eigenvalue weighted by molar-refractivity contribution is 0.544. The van der Waals surface area contributed by atoms with Crippen molar-refractivity contribution in [3.8, 4) is 0 Å². The van der Waals surface area contributed by atoms with E-state index in [4.69, 9.17) is 0 Å². The van der Waals surface area contributed by atoms with Gasteiger partial charge in [-0.15, -0.1) is 0 Å². The van der Waals surface area contributed by atoms with Crippen molar-refractivity contribution in [3.63, 3.8) is 0 Å². The SMILES string of the molecule is CC(Nc1cc(Br)ccc1N(C)C)c1c(F)cccc1F. The number of hydrogen-bond acceptors (Lipinski definition) is 2. The fraction of sp³-hybridized carbons (Fsp3) is 0.250. The summed E-state index contributed by atoms with van der Waals surface area (Å²) in [5.74, 6) is -1.09. The molecule has 2 aromatic rings. The van der Waals surface area contributed by atoms with E-state index in [1.165, 1.54) is 18.2 Å². The third-order valence-electron chi connectivity index (χ3n) is 3.25. The maximum atomic E-state index is 13.8. The average molecular weight is 355 g/mol. The van der Waals surface area contributed by atoms with Crippen LogP contribution in [0, 0.1) is 11.6 Å². The fourth-order valence-corrected chi connectivity index (χ4v) is 2.60. The van der Waals surface area contributed by atoms with E-state index in [1.54, 1.807) is 6.92 Å². The molecule has 0 aliphatic rings.